The quantitative estimate of drug-likeness (QED) is 0.148. The molecule has 2 fully saturated rings. The van der Waals surface area contributed by atoms with Crippen molar-refractivity contribution in [3.05, 3.63) is 29.3 Å². The molecule has 0 spiro atoms. The lowest BCUT2D eigenvalue weighted by atomic mass is 9.93. The van der Waals surface area contributed by atoms with E-state index in [0.717, 1.165) is 6.92 Å². The molecule has 0 aliphatic carbocycles. The summed E-state index contributed by atoms with van der Waals surface area (Å²) in [5.74, 6) is -7.29. The van der Waals surface area contributed by atoms with Gasteiger partial charge in [0.05, 0.1) is 28.6 Å². The highest BCUT2D eigenvalue weighted by molar-refractivity contribution is 7.88. The molecule has 2 amide bonds. The predicted molar refractivity (Wildman–Crippen MR) is 192 cm³/mol. The van der Waals surface area contributed by atoms with Crippen LogP contribution in [0.15, 0.2) is 12.1 Å². The van der Waals surface area contributed by atoms with E-state index in [1.807, 2.05) is 0 Å². The number of carbonyl (C=O) groups excluding carboxylic acids is 2. The number of amides is 2. The molecule has 324 valence electrons. The van der Waals surface area contributed by atoms with Gasteiger partial charge in [-0.1, -0.05) is 0 Å². The fraction of sp³-hybridized carbons (Fsp3) is 0.556. The number of alkyl halides is 6. The maximum absolute atomic E-state index is 17.3. The SMILES string of the molecule is Cc1c(OS(=O)(=O)C(F)(F)F)nc2c3c(nc(-c4cc(NC(=O)OC(C)(C)C)cc(F)c4OC(F)(F)F)c(F)c13)O[C@@H](C)[C@@H]1[C@@H]3CC[C@](C)(CN21)N3C(=O)OC(C)(C)C. The summed E-state index contributed by atoms with van der Waals surface area (Å²) in [6.45, 7) is 13.4. The minimum Gasteiger partial charge on any atom is -0.472 e. The van der Waals surface area contributed by atoms with Gasteiger partial charge in [0.25, 0.3) is 0 Å². The van der Waals surface area contributed by atoms with Crippen molar-refractivity contribution in [2.45, 2.75) is 122 Å². The van der Waals surface area contributed by atoms with Crippen LogP contribution in [-0.2, 0) is 19.6 Å². The average Bonchev–Trinajstić information content (AvgIpc) is 3.22. The molecule has 6 rings (SSSR count). The summed E-state index contributed by atoms with van der Waals surface area (Å²) in [6, 6.07) is -0.641. The van der Waals surface area contributed by atoms with Crippen LogP contribution in [0.25, 0.3) is 22.0 Å². The molecule has 4 atom stereocenters. The van der Waals surface area contributed by atoms with Gasteiger partial charge in [0.15, 0.2) is 17.4 Å². The van der Waals surface area contributed by atoms with E-state index in [4.69, 9.17) is 14.2 Å². The van der Waals surface area contributed by atoms with Gasteiger partial charge >= 0.3 is 34.2 Å². The maximum atomic E-state index is 17.3. The van der Waals surface area contributed by atoms with Crippen LogP contribution in [0.2, 0.25) is 0 Å². The van der Waals surface area contributed by atoms with E-state index < -0.39 is 132 Å². The molecule has 14 nitrogen and oxygen atoms in total. The molecular formula is C36H39F8N5O9S. The number of anilines is 2. The molecule has 0 unspecified atom stereocenters. The van der Waals surface area contributed by atoms with Crippen molar-refractivity contribution in [2.24, 2.45) is 0 Å². The second kappa shape index (κ2) is 14.0. The zero-order valence-electron chi connectivity index (χ0n) is 32.9. The summed E-state index contributed by atoms with van der Waals surface area (Å²) in [5.41, 5.74) is -12.6. The monoisotopic (exact) mass is 869 g/mol. The van der Waals surface area contributed by atoms with E-state index in [9.17, 15) is 44.3 Å². The number of hydrogen-bond donors (Lipinski definition) is 1. The number of carbonyl (C=O) groups is 2. The third-order valence-corrected chi connectivity index (χ3v) is 10.6. The topological polar surface area (TPSA) is 159 Å². The first-order valence-corrected chi connectivity index (χ1v) is 19.3. The van der Waals surface area contributed by atoms with E-state index in [2.05, 4.69) is 24.2 Å². The number of pyridine rings is 2. The molecule has 23 heteroatoms. The van der Waals surface area contributed by atoms with Crippen LogP contribution >= 0.6 is 0 Å². The Hall–Kier alpha value is -5.09. The van der Waals surface area contributed by atoms with Gasteiger partial charge in [0, 0.05) is 29.2 Å². The predicted octanol–water partition coefficient (Wildman–Crippen LogP) is 8.49. The van der Waals surface area contributed by atoms with Gasteiger partial charge in [-0.2, -0.15) is 26.6 Å². The lowest BCUT2D eigenvalue weighted by molar-refractivity contribution is -0.275. The van der Waals surface area contributed by atoms with Crippen LogP contribution in [0, 0.1) is 18.6 Å². The molecule has 1 aromatic carbocycles. The maximum Gasteiger partial charge on any atom is 0.573 e. The normalized spacial score (nSPS) is 22.0. The highest BCUT2D eigenvalue weighted by Gasteiger charge is 2.59. The Morgan fingerprint density at radius 2 is 1.59 bits per heavy atom. The van der Waals surface area contributed by atoms with Crippen molar-refractivity contribution in [3.8, 4) is 28.8 Å². The van der Waals surface area contributed by atoms with Gasteiger partial charge < -0.3 is 28.0 Å². The molecule has 3 aliphatic rings. The van der Waals surface area contributed by atoms with Gasteiger partial charge in [0.2, 0.25) is 11.8 Å². The van der Waals surface area contributed by atoms with E-state index in [-0.39, 0.29) is 11.9 Å². The van der Waals surface area contributed by atoms with Crippen molar-refractivity contribution < 1.29 is 76.3 Å². The number of halogens is 8. The van der Waals surface area contributed by atoms with Crippen LogP contribution < -0.4 is 23.9 Å². The molecule has 3 aliphatic heterocycles. The highest BCUT2D eigenvalue weighted by Crippen LogP contribution is 2.52. The molecular weight excluding hydrogens is 830 g/mol. The Kier molecular flexibility index (Phi) is 10.3. The van der Waals surface area contributed by atoms with E-state index in [1.165, 1.54) is 37.5 Å². The Morgan fingerprint density at radius 1 is 0.966 bits per heavy atom. The first-order valence-electron chi connectivity index (χ1n) is 17.9. The van der Waals surface area contributed by atoms with E-state index in [1.54, 1.807) is 27.7 Å². The molecule has 2 bridgehead atoms. The number of ether oxygens (including phenoxy) is 4. The number of hydrogen-bond acceptors (Lipinski definition) is 12. The van der Waals surface area contributed by atoms with Crippen LogP contribution in [0.4, 0.5) is 56.2 Å². The number of nitrogens with zero attached hydrogens (tertiary/aromatic N) is 4. The standard InChI is InChI=1S/C36H39F8N5O9S/c1-15-21-22-27(47-28(15)58-59(52,53)36(42,43)44)48-14-34(9)11-10-20(49(34)31(51)57-33(6,7)8)25(48)16(2)54-29(22)46-24(23(21)38)18-12-17(45-30(50)56-32(3,4)5)13-19(37)26(18)55-35(39,40)41/h12-13,16,20,25H,10-11,14H2,1-9H3,(H,45,50)/t16-,20-,25+,34+/m0/s1. The first kappa shape index (κ1) is 43.5. The summed E-state index contributed by atoms with van der Waals surface area (Å²) in [7, 11) is -6.47. The Balaban J connectivity index is 1.64. The van der Waals surface area contributed by atoms with Gasteiger partial charge in [0.1, 0.15) is 28.8 Å². The molecule has 3 aromatic rings. The third kappa shape index (κ3) is 8.25. The van der Waals surface area contributed by atoms with Crippen molar-refractivity contribution in [1.82, 2.24) is 14.9 Å². The lowest BCUT2D eigenvalue weighted by Gasteiger charge is -2.52. The third-order valence-electron chi connectivity index (χ3n) is 9.66. The Morgan fingerprint density at radius 3 is 2.17 bits per heavy atom. The van der Waals surface area contributed by atoms with Gasteiger partial charge in [-0.15, -0.1) is 13.2 Å². The van der Waals surface area contributed by atoms with Crippen LogP contribution in [-0.4, -0.2) is 88.8 Å². The summed E-state index contributed by atoms with van der Waals surface area (Å²) < 4.78 is 166. The van der Waals surface area contributed by atoms with Gasteiger partial charge in [-0.25, -0.2) is 23.4 Å². The second-order valence-corrected chi connectivity index (χ2v) is 18.1. The zero-order valence-corrected chi connectivity index (χ0v) is 33.7. The van der Waals surface area contributed by atoms with E-state index >= 15 is 8.78 Å². The number of nitrogens with one attached hydrogen (secondary N) is 1. The minimum absolute atomic E-state index is 0.145. The summed E-state index contributed by atoms with van der Waals surface area (Å²) >= 11 is 0. The smallest absolute Gasteiger partial charge is 0.472 e. The average molecular weight is 870 g/mol. The molecule has 2 saturated heterocycles. The van der Waals surface area contributed by atoms with Crippen LogP contribution in [0.3, 0.4) is 0 Å². The molecule has 59 heavy (non-hydrogen) atoms. The van der Waals surface area contributed by atoms with Crippen molar-refractivity contribution in [2.75, 3.05) is 16.8 Å². The van der Waals surface area contributed by atoms with Crippen molar-refractivity contribution >= 4 is 44.6 Å². The number of aromatic nitrogens is 2. The molecule has 0 radical (unpaired) electrons. The summed E-state index contributed by atoms with van der Waals surface area (Å²) in [4.78, 5) is 37.6. The van der Waals surface area contributed by atoms with Crippen molar-refractivity contribution in [1.29, 1.82) is 0 Å². The molecule has 0 saturated carbocycles. The summed E-state index contributed by atoms with van der Waals surface area (Å²) in [5, 5.41) is 0.975. The number of aryl methyl sites for hydroxylation is 1. The largest absolute Gasteiger partial charge is 0.573 e. The minimum atomic E-state index is -6.47. The molecule has 5 heterocycles. The summed E-state index contributed by atoms with van der Waals surface area (Å²) in [6.07, 6.45) is -7.87. The van der Waals surface area contributed by atoms with Crippen molar-refractivity contribution in [3.63, 3.8) is 0 Å². The van der Waals surface area contributed by atoms with E-state index in [0.29, 0.717) is 25.0 Å². The number of rotatable bonds is 5. The number of fused-ring (bicyclic) bond motifs is 5. The number of benzene rings is 1. The first-order chi connectivity index (χ1) is 26.8. The van der Waals surface area contributed by atoms with Gasteiger partial charge in [-0.05, 0) is 81.2 Å². The Labute approximate surface area is 332 Å². The number of piperazine rings is 1. The lowest BCUT2D eigenvalue weighted by Crippen LogP contribution is -2.69. The van der Waals surface area contributed by atoms with Gasteiger partial charge in [-0.3, -0.25) is 10.2 Å². The molecule has 2 aromatic heterocycles. The fourth-order valence-electron chi connectivity index (χ4n) is 7.59. The molecule has 1 N–H and O–H groups in total. The fourth-order valence-corrected chi connectivity index (χ4v) is 8.06. The zero-order chi connectivity index (χ0) is 44.2. The van der Waals surface area contributed by atoms with Crippen LogP contribution in [0.1, 0.15) is 73.8 Å². The highest BCUT2D eigenvalue weighted by atomic mass is 32.2. The Bertz CT molecular complexity index is 2350. The van der Waals surface area contributed by atoms with Crippen LogP contribution in [0.5, 0.6) is 17.5 Å². The second-order valence-electron chi connectivity index (χ2n) is 16.6.